The third kappa shape index (κ3) is 125. The number of hydrogen-bond acceptors (Lipinski definition) is 42. The van der Waals surface area contributed by atoms with Gasteiger partial charge in [-0.05, 0) is 12.8 Å². The molecule has 0 saturated carbocycles. The highest BCUT2D eigenvalue weighted by Gasteiger charge is 2.22. The van der Waals surface area contributed by atoms with Crippen LogP contribution in [0.2, 0.25) is 0 Å². The van der Waals surface area contributed by atoms with E-state index < -0.39 is 11.9 Å². The number of carboxylic acids is 1. The van der Waals surface area contributed by atoms with Gasteiger partial charge in [-0.2, -0.15) is 0 Å². The number of hydrogen-bond donors (Lipinski definition) is 4. The highest BCUT2D eigenvalue weighted by molar-refractivity contribution is 5.84. The molecular weight excluding hydrogens is 1880 g/mol. The molecule has 0 heterocycles. The molecule has 1 atom stereocenters. The number of rotatable bonds is 132. The average molecular weight is 2070 g/mol. The second-order valence-electron chi connectivity index (χ2n) is 31.0. The Bertz CT molecular complexity index is 2370. The van der Waals surface area contributed by atoms with Gasteiger partial charge in [-0.25, -0.2) is 5.90 Å². The summed E-state index contributed by atoms with van der Waals surface area (Å²) in [4.78, 5) is 52.4. The first-order chi connectivity index (χ1) is 70.4. The molecule has 0 aromatic heterocycles. The van der Waals surface area contributed by atoms with Crippen molar-refractivity contribution in [2.75, 3.05) is 495 Å². The minimum absolute atomic E-state index is 0.0268. The Morgan fingerprint density at radius 2 is 0.338 bits per heavy atom. The van der Waals surface area contributed by atoms with E-state index in [0.29, 0.717) is 495 Å². The molecule has 0 spiro atoms. The van der Waals surface area contributed by atoms with E-state index in [9.17, 15) is 24.3 Å². The number of ether oxygens (including phenoxy) is 36. The Morgan fingerprint density at radius 1 is 0.190 bits per heavy atom. The van der Waals surface area contributed by atoms with Gasteiger partial charge in [0, 0.05) is 38.8 Å². The monoisotopic (exact) mass is 2070 g/mol. The third-order valence-corrected chi connectivity index (χ3v) is 19.2. The van der Waals surface area contributed by atoms with Crippen LogP contribution < -0.4 is 16.5 Å². The number of nitrogens with one attached hydrogen (secondary N) is 2. The summed E-state index contributed by atoms with van der Waals surface area (Å²) < 4.78 is 199. The van der Waals surface area contributed by atoms with Gasteiger partial charge in [0.15, 0.2) is 0 Å². The van der Waals surface area contributed by atoms with Gasteiger partial charge >= 0.3 is 5.97 Å². The summed E-state index contributed by atoms with van der Waals surface area (Å²) in [6.45, 7) is 36.0. The first-order valence-electron chi connectivity index (χ1n) is 51.8. The Morgan fingerprint density at radius 3 is 0.507 bits per heavy atom. The largest absolute Gasteiger partial charge is 0.481 e. The van der Waals surface area contributed by atoms with Crippen molar-refractivity contribution in [2.24, 2.45) is 11.8 Å². The summed E-state index contributed by atoms with van der Waals surface area (Å²) in [5.74, 6) is 2.60. The molecule has 0 aromatic carbocycles. The summed E-state index contributed by atoms with van der Waals surface area (Å²) in [7, 11) is 0. The van der Waals surface area contributed by atoms with Gasteiger partial charge in [-0.15, -0.1) is 0 Å². The van der Waals surface area contributed by atoms with Crippen molar-refractivity contribution < 1.29 is 200 Å². The van der Waals surface area contributed by atoms with Crippen LogP contribution in [0.1, 0.15) is 110 Å². The van der Waals surface area contributed by atoms with Gasteiger partial charge in [0.25, 0.3) is 0 Å². The van der Waals surface area contributed by atoms with Gasteiger partial charge in [0.2, 0.25) is 11.8 Å². The van der Waals surface area contributed by atoms with Crippen LogP contribution in [-0.4, -0.2) is 524 Å². The quantitative estimate of drug-likeness (QED) is 0.0488. The molecule has 0 aromatic rings. The molecule has 5 N–H and O–H groups in total. The predicted molar refractivity (Wildman–Crippen MR) is 521 cm³/mol. The van der Waals surface area contributed by atoms with E-state index >= 15 is 0 Å². The lowest BCUT2D eigenvalue weighted by Gasteiger charge is -2.12. The molecule has 2 amide bonds. The van der Waals surface area contributed by atoms with E-state index in [1.807, 2.05) is 0 Å². The van der Waals surface area contributed by atoms with Crippen LogP contribution >= 0.6 is 0 Å². The van der Waals surface area contributed by atoms with Crippen molar-refractivity contribution in [3.63, 3.8) is 0 Å². The van der Waals surface area contributed by atoms with Crippen LogP contribution in [0.25, 0.3) is 0 Å². The minimum atomic E-state index is -1.04. The van der Waals surface area contributed by atoms with Crippen LogP contribution in [0, 0.1) is 5.92 Å². The standard InChI is InChI=1S/C97H191N3O42/c1-2-3-4-5-6-7-8-9-10-11-12-13-94(101)92-93(97(104)105)14-15-95(102)99-17-20-107-23-25-109-27-29-111-31-33-113-35-37-115-39-41-117-43-45-119-47-49-121-51-53-123-55-57-125-59-61-127-63-65-129-67-69-131-71-73-133-75-77-135-79-81-137-83-85-139-87-89-141-91-90-140-88-86-138-84-82-136-80-78-134-76-74-132-72-70-130-68-66-128-64-62-126-60-58-124-56-54-122-52-50-120-48-46-118-44-42-116-40-38-114-36-34-112-32-30-110-28-26-108-24-22-106-19-16-96(103)100-18-21-142-98/h93H,2-92,98H2,1H3,(H,99,102)(H,100,103)(H,104,105)/t93-/m1/s1. The van der Waals surface area contributed by atoms with Crippen LogP contribution in [0.15, 0.2) is 0 Å². The third-order valence-electron chi connectivity index (χ3n) is 19.2. The molecule has 0 aliphatic rings. The number of carboxylic acid groups (broad SMARTS) is 1. The molecule has 45 nitrogen and oxygen atoms in total. The Labute approximate surface area is 847 Å². The number of Topliss-reactive ketones (excluding diaryl/α,β-unsaturated/α-hetero) is 1. The zero-order valence-corrected chi connectivity index (χ0v) is 86.7. The molecule has 142 heavy (non-hydrogen) atoms. The van der Waals surface area contributed by atoms with E-state index in [1.165, 1.54) is 51.4 Å². The van der Waals surface area contributed by atoms with Crippen molar-refractivity contribution in [3.8, 4) is 0 Å². The van der Waals surface area contributed by atoms with Crippen LogP contribution in [0.4, 0.5) is 0 Å². The first-order valence-corrected chi connectivity index (χ1v) is 51.8. The molecule has 45 heteroatoms. The fourth-order valence-electron chi connectivity index (χ4n) is 11.6. The van der Waals surface area contributed by atoms with Gasteiger partial charge in [-0.1, -0.05) is 71.1 Å². The number of nitrogens with two attached hydrogens (primary N) is 1. The number of unbranched alkanes of at least 4 members (excludes halogenated alkanes) is 10. The van der Waals surface area contributed by atoms with Gasteiger partial charge in [0.1, 0.15) is 5.78 Å². The summed E-state index contributed by atoms with van der Waals surface area (Å²) in [5, 5.41) is 15.0. The smallest absolute Gasteiger partial charge is 0.306 e. The molecule has 0 aliphatic carbocycles. The predicted octanol–water partition coefficient (Wildman–Crippen LogP) is 4.24. The molecule has 0 fully saturated rings. The van der Waals surface area contributed by atoms with Crippen molar-refractivity contribution in [1.29, 1.82) is 0 Å². The fraction of sp³-hybridized carbons (Fsp3) is 0.959. The van der Waals surface area contributed by atoms with Crippen LogP contribution in [0.3, 0.4) is 0 Å². The second kappa shape index (κ2) is 128. The van der Waals surface area contributed by atoms with Gasteiger partial charge in [0.05, 0.1) is 488 Å². The SMILES string of the molecule is CCCCCCCCCCCCCC(=O)C[C@@H](CCC(=O)NCCOCCOCCOCCOCCOCCOCCOCCOCCOCCOCCOCCOCCOCCOCCOCCOCCOCCOCCOCCOCCOCCOCCOCCOCCOCCOCCOCCOCCOCCOCCOCCOCCOCCOCCOCCOCCC(=O)NCCON)C(=O)O. The normalized spacial score (nSPS) is 11.9. The van der Waals surface area contributed by atoms with Crippen LogP contribution in [-0.2, 0) is 195 Å². The maximum absolute atomic E-state index is 12.4. The topological polar surface area (TPSA) is 480 Å². The number of carbonyl (C=O) groups is 4. The number of aliphatic carboxylic acids is 1. The highest BCUT2D eigenvalue weighted by atomic mass is 16.6. The Balaban J connectivity index is 3.17. The highest BCUT2D eigenvalue weighted by Crippen LogP contribution is 2.17. The molecule has 846 valence electrons. The lowest BCUT2D eigenvalue weighted by atomic mass is 9.94. The first kappa shape index (κ1) is 139. The molecule has 0 unspecified atom stereocenters. The Kier molecular flexibility index (Phi) is 125. The zero-order chi connectivity index (χ0) is 102. The molecular formula is C97H191N3O42. The zero-order valence-electron chi connectivity index (χ0n) is 86.7. The number of amides is 2. The van der Waals surface area contributed by atoms with Gasteiger partial charge < -0.3 is 191 Å². The second-order valence-corrected chi connectivity index (χ2v) is 31.0. The maximum atomic E-state index is 12.4. The average Bonchev–Trinajstić information content (AvgIpc) is 0.928. The lowest BCUT2D eigenvalue weighted by molar-refractivity contribution is -0.144. The molecule has 0 saturated heterocycles. The minimum Gasteiger partial charge on any atom is -0.481 e. The summed E-state index contributed by atoms with van der Waals surface area (Å²) in [6, 6.07) is 0. The molecule has 0 bridgehead atoms. The van der Waals surface area contributed by atoms with E-state index in [1.54, 1.807) is 0 Å². The lowest BCUT2D eigenvalue weighted by Crippen LogP contribution is -2.29. The summed E-state index contributed by atoms with van der Waals surface area (Å²) in [6.07, 6.45) is 14.0. The van der Waals surface area contributed by atoms with E-state index in [2.05, 4.69) is 22.4 Å². The Hall–Kier alpha value is -3.44. The fourth-order valence-corrected chi connectivity index (χ4v) is 11.6. The van der Waals surface area contributed by atoms with Crippen molar-refractivity contribution >= 4 is 23.6 Å². The van der Waals surface area contributed by atoms with E-state index in [4.69, 9.17) is 176 Å². The van der Waals surface area contributed by atoms with Crippen molar-refractivity contribution in [2.45, 2.75) is 110 Å². The van der Waals surface area contributed by atoms with Crippen molar-refractivity contribution in [3.05, 3.63) is 0 Å². The van der Waals surface area contributed by atoms with Crippen LogP contribution in [0.5, 0.6) is 0 Å². The molecule has 0 rings (SSSR count). The number of carbonyl (C=O) groups excluding carboxylic acids is 3. The number of ketones is 1. The van der Waals surface area contributed by atoms with E-state index in [0.717, 1.165) is 19.3 Å². The van der Waals surface area contributed by atoms with Crippen molar-refractivity contribution in [1.82, 2.24) is 10.6 Å². The van der Waals surface area contributed by atoms with Gasteiger partial charge in [-0.3, -0.25) is 19.2 Å². The summed E-state index contributed by atoms with van der Waals surface area (Å²) in [5.41, 5.74) is 0. The maximum Gasteiger partial charge on any atom is 0.306 e. The van der Waals surface area contributed by atoms with E-state index in [-0.39, 0.29) is 49.9 Å². The summed E-state index contributed by atoms with van der Waals surface area (Å²) >= 11 is 0. The molecule has 0 aliphatic heterocycles. The molecule has 0 radical (unpaired) electrons.